The number of carbonyl (C=O) groups excluding carboxylic acids is 2. The van der Waals surface area contributed by atoms with Crippen LogP contribution in [0.1, 0.15) is 11.1 Å². The SMILES string of the molecule is Cc1cccc(C)c1NC(=O)C[NH2+]CC(=O)N(C)C. The molecule has 0 aliphatic rings. The number of rotatable bonds is 5. The van der Waals surface area contributed by atoms with E-state index in [1.165, 1.54) is 4.90 Å². The number of hydrogen-bond acceptors (Lipinski definition) is 2. The zero-order valence-electron chi connectivity index (χ0n) is 12.0. The number of likely N-dealkylation sites (N-methyl/N-ethyl adjacent to an activating group) is 1. The summed E-state index contributed by atoms with van der Waals surface area (Å²) in [4.78, 5) is 24.7. The van der Waals surface area contributed by atoms with Gasteiger partial charge in [0.15, 0.2) is 13.1 Å². The molecule has 0 saturated carbocycles. The summed E-state index contributed by atoms with van der Waals surface area (Å²) in [5.74, 6) is -0.0937. The first-order valence-corrected chi connectivity index (χ1v) is 6.29. The molecule has 0 aliphatic heterocycles. The van der Waals surface area contributed by atoms with E-state index in [1.54, 1.807) is 19.4 Å². The molecule has 0 spiro atoms. The fraction of sp³-hybridized carbons (Fsp3) is 0.429. The van der Waals surface area contributed by atoms with Gasteiger partial charge >= 0.3 is 0 Å². The molecule has 5 nitrogen and oxygen atoms in total. The highest BCUT2D eigenvalue weighted by molar-refractivity contribution is 5.93. The summed E-state index contributed by atoms with van der Waals surface area (Å²) < 4.78 is 0. The van der Waals surface area contributed by atoms with E-state index in [9.17, 15) is 9.59 Å². The van der Waals surface area contributed by atoms with Crippen LogP contribution < -0.4 is 10.6 Å². The van der Waals surface area contributed by atoms with Crippen molar-refractivity contribution in [1.29, 1.82) is 0 Å². The zero-order valence-corrected chi connectivity index (χ0v) is 12.0. The zero-order chi connectivity index (χ0) is 14.4. The first-order valence-electron chi connectivity index (χ1n) is 6.29. The maximum Gasteiger partial charge on any atom is 0.279 e. The number of anilines is 1. The summed E-state index contributed by atoms with van der Waals surface area (Å²) >= 11 is 0. The van der Waals surface area contributed by atoms with E-state index < -0.39 is 0 Å². The second kappa shape index (κ2) is 6.89. The standard InChI is InChI=1S/C14H21N3O2/c1-10-6-5-7-11(2)14(10)16-12(18)8-15-9-13(19)17(3)4/h5-7,15H,8-9H2,1-4H3,(H,16,18)/p+1. The number of para-hydroxylation sites is 1. The maximum atomic E-state index is 11.8. The molecule has 5 heteroatoms. The number of hydrogen-bond donors (Lipinski definition) is 2. The van der Waals surface area contributed by atoms with Crippen LogP contribution in [-0.2, 0) is 9.59 Å². The predicted octanol–water partition coefficient (Wildman–Crippen LogP) is -0.106. The molecule has 2 amide bonds. The van der Waals surface area contributed by atoms with E-state index in [0.29, 0.717) is 0 Å². The van der Waals surface area contributed by atoms with E-state index in [-0.39, 0.29) is 24.9 Å². The Morgan fingerprint density at radius 1 is 1.16 bits per heavy atom. The van der Waals surface area contributed by atoms with Crippen LogP contribution in [0.15, 0.2) is 18.2 Å². The molecule has 0 radical (unpaired) electrons. The summed E-state index contributed by atoms with van der Waals surface area (Å²) in [7, 11) is 3.40. The van der Waals surface area contributed by atoms with Crippen LogP contribution in [0.25, 0.3) is 0 Å². The number of nitrogens with zero attached hydrogens (tertiary/aromatic N) is 1. The van der Waals surface area contributed by atoms with Gasteiger partial charge in [-0.1, -0.05) is 18.2 Å². The maximum absolute atomic E-state index is 11.8. The van der Waals surface area contributed by atoms with Gasteiger partial charge < -0.3 is 15.5 Å². The summed E-state index contributed by atoms with van der Waals surface area (Å²) in [5, 5.41) is 4.59. The van der Waals surface area contributed by atoms with Crippen molar-refractivity contribution in [2.45, 2.75) is 13.8 Å². The van der Waals surface area contributed by atoms with Crippen molar-refractivity contribution in [1.82, 2.24) is 4.90 Å². The van der Waals surface area contributed by atoms with Gasteiger partial charge in [-0.25, -0.2) is 0 Å². The van der Waals surface area contributed by atoms with Crippen molar-refractivity contribution in [3.63, 3.8) is 0 Å². The van der Waals surface area contributed by atoms with Crippen LogP contribution in [0.2, 0.25) is 0 Å². The van der Waals surface area contributed by atoms with Gasteiger partial charge in [-0.2, -0.15) is 0 Å². The fourth-order valence-electron chi connectivity index (χ4n) is 1.71. The predicted molar refractivity (Wildman–Crippen MR) is 74.9 cm³/mol. The van der Waals surface area contributed by atoms with E-state index in [4.69, 9.17) is 0 Å². The Kier molecular flexibility index (Phi) is 5.51. The molecule has 1 aromatic carbocycles. The summed E-state index contributed by atoms with van der Waals surface area (Å²) in [6.45, 7) is 4.45. The first-order chi connectivity index (χ1) is 8.91. The number of carbonyl (C=O) groups is 2. The molecule has 104 valence electrons. The van der Waals surface area contributed by atoms with Crippen LogP contribution >= 0.6 is 0 Å². The Morgan fingerprint density at radius 2 is 1.74 bits per heavy atom. The van der Waals surface area contributed by atoms with Gasteiger partial charge in [0, 0.05) is 19.8 Å². The van der Waals surface area contributed by atoms with Crippen molar-refractivity contribution in [2.75, 3.05) is 32.5 Å². The second-order valence-electron chi connectivity index (χ2n) is 4.80. The van der Waals surface area contributed by atoms with E-state index >= 15 is 0 Å². The summed E-state index contributed by atoms with van der Waals surface area (Å²) in [5.41, 5.74) is 2.94. The van der Waals surface area contributed by atoms with E-state index in [0.717, 1.165) is 16.8 Å². The van der Waals surface area contributed by atoms with Gasteiger partial charge in [0.2, 0.25) is 0 Å². The molecular weight excluding hydrogens is 242 g/mol. The molecular formula is C14H22N3O2+. The average Bonchev–Trinajstić information content (AvgIpc) is 2.33. The Bertz CT molecular complexity index is 450. The Labute approximate surface area is 114 Å². The Morgan fingerprint density at radius 3 is 2.26 bits per heavy atom. The van der Waals surface area contributed by atoms with Crippen molar-refractivity contribution < 1.29 is 14.9 Å². The largest absolute Gasteiger partial charge is 0.344 e. The van der Waals surface area contributed by atoms with Gasteiger partial charge in [0.1, 0.15) is 0 Å². The van der Waals surface area contributed by atoms with E-state index in [1.807, 2.05) is 32.0 Å². The molecule has 0 unspecified atom stereocenters. The fourth-order valence-corrected chi connectivity index (χ4v) is 1.71. The minimum atomic E-state index is -0.0936. The normalized spacial score (nSPS) is 10.1. The lowest BCUT2D eigenvalue weighted by Gasteiger charge is -2.11. The van der Waals surface area contributed by atoms with Crippen molar-refractivity contribution >= 4 is 17.5 Å². The highest BCUT2D eigenvalue weighted by Crippen LogP contribution is 2.18. The highest BCUT2D eigenvalue weighted by atomic mass is 16.2. The molecule has 3 N–H and O–H groups in total. The Balaban J connectivity index is 2.46. The molecule has 1 aromatic rings. The van der Waals surface area contributed by atoms with Gasteiger partial charge in [-0.05, 0) is 25.0 Å². The lowest BCUT2D eigenvalue weighted by atomic mass is 10.1. The molecule has 0 bridgehead atoms. The molecule has 0 atom stereocenters. The number of quaternary nitrogens is 1. The number of aryl methyl sites for hydroxylation is 2. The second-order valence-corrected chi connectivity index (χ2v) is 4.80. The topological polar surface area (TPSA) is 66.0 Å². The lowest BCUT2D eigenvalue weighted by Crippen LogP contribution is -2.88. The molecule has 19 heavy (non-hydrogen) atoms. The molecule has 0 aliphatic carbocycles. The molecule has 1 rings (SSSR count). The molecule has 0 saturated heterocycles. The molecule has 0 heterocycles. The average molecular weight is 264 g/mol. The van der Waals surface area contributed by atoms with Gasteiger partial charge in [-0.3, -0.25) is 9.59 Å². The summed E-state index contributed by atoms with van der Waals surface area (Å²) in [6, 6.07) is 5.88. The third-order valence-corrected chi connectivity index (χ3v) is 2.89. The van der Waals surface area contributed by atoms with Crippen LogP contribution in [0.5, 0.6) is 0 Å². The van der Waals surface area contributed by atoms with Crippen LogP contribution in [-0.4, -0.2) is 43.9 Å². The monoisotopic (exact) mass is 264 g/mol. The first kappa shape index (κ1) is 15.2. The molecule has 0 fully saturated rings. The highest BCUT2D eigenvalue weighted by Gasteiger charge is 2.11. The number of nitrogens with two attached hydrogens (primary N) is 1. The quantitative estimate of drug-likeness (QED) is 0.779. The summed E-state index contributed by atoms with van der Waals surface area (Å²) in [6.07, 6.45) is 0. The number of amides is 2. The Hall–Kier alpha value is -1.88. The van der Waals surface area contributed by atoms with Crippen LogP contribution in [0.3, 0.4) is 0 Å². The van der Waals surface area contributed by atoms with Crippen molar-refractivity contribution in [3.05, 3.63) is 29.3 Å². The minimum absolute atomic E-state index is 0.000118. The van der Waals surface area contributed by atoms with E-state index in [2.05, 4.69) is 5.32 Å². The third-order valence-electron chi connectivity index (χ3n) is 2.89. The van der Waals surface area contributed by atoms with Crippen LogP contribution in [0, 0.1) is 13.8 Å². The van der Waals surface area contributed by atoms with Crippen molar-refractivity contribution in [3.8, 4) is 0 Å². The minimum Gasteiger partial charge on any atom is -0.344 e. The third kappa shape index (κ3) is 4.71. The van der Waals surface area contributed by atoms with Gasteiger partial charge in [-0.15, -0.1) is 0 Å². The lowest BCUT2D eigenvalue weighted by molar-refractivity contribution is -0.633. The van der Waals surface area contributed by atoms with Gasteiger partial charge in [0.05, 0.1) is 0 Å². The van der Waals surface area contributed by atoms with Crippen LogP contribution in [0.4, 0.5) is 5.69 Å². The number of nitrogens with one attached hydrogen (secondary N) is 1. The smallest absolute Gasteiger partial charge is 0.279 e. The van der Waals surface area contributed by atoms with Gasteiger partial charge in [0.25, 0.3) is 11.8 Å². The molecule has 0 aromatic heterocycles. The number of benzene rings is 1. The van der Waals surface area contributed by atoms with Crippen molar-refractivity contribution in [2.24, 2.45) is 0 Å².